The third kappa shape index (κ3) is 8.71. The monoisotopic (exact) mass is 628 g/mol. The van der Waals surface area contributed by atoms with Crippen LogP contribution in [0.5, 0.6) is 0 Å². The van der Waals surface area contributed by atoms with Gasteiger partial charge in [0.2, 0.25) is 27.7 Å². The van der Waals surface area contributed by atoms with Crippen molar-refractivity contribution in [2.75, 3.05) is 32.1 Å². The minimum absolute atomic E-state index is 0.0300. The number of carbonyl (C=O) groups is 4. The van der Waals surface area contributed by atoms with E-state index in [1.165, 1.54) is 37.3 Å². The second-order valence-corrected chi connectivity index (χ2v) is 11.6. The Morgan fingerprint density at radius 1 is 0.909 bits per heavy atom. The number of benzene rings is 3. The van der Waals surface area contributed by atoms with E-state index in [0.29, 0.717) is 16.3 Å². The second-order valence-electron chi connectivity index (χ2n) is 9.94. The molecule has 3 aromatic carbocycles. The van der Waals surface area contributed by atoms with Gasteiger partial charge in [0, 0.05) is 49.1 Å². The number of carboxylic acid groups (broad SMARTS) is 1. The maximum atomic E-state index is 13.2. The summed E-state index contributed by atoms with van der Waals surface area (Å²) in [7, 11) is -0.511. The molecule has 0 spiro atoms. The van der Waals surface area contributed by atoms with Crippen molar-refractivity contribution in [1.82, 2.24) is 20.7 Å². The summed E-state index contributed by atoms with van der Waals surface area (Å²) >= 11 is 0. The Balaban J connectivity index is 1.66. The van der Waals surface area contributed by atoms with Crippen molar-refractivity contribution in [3.05, 3.63) is 76.3 Å². The lowest BCUT2D eigenvalue weighted by molar-refractivity contribution is -0.384. The van der Waals surface area contributed by atoms with E-state index in [0.717, 1.165) is 5.69 Å². The SMILES string of the molecule is C[C@H](NS(=O)(=O)c1cccc2c(N(C)C)cccc12)C(=O)NCC(=O)N[C@H](Cc1ccc([N+](=O)[O-])cc1)C(=O)NCC(=O)O. The van der Waals surface area contributed by atoms with Crippen LogP contribution < -0.4 is 25.6 Å². The van der Waals surface area contributed by atoms with Crippen molar-refractivity contribution >= 4 is 55.9 Å². The fraction of sp³-hybridized carbons (Fsp3) is 0.286. The van der Waals surface area contributed by atoms with Gasteiger partial charge in [-0.15, -0.1) is 0 Å². The zero-order valence-corrected chi connectivity index (χ0v) is 24.9. The van der Waals surface area contributed by atoms with Crippen LogP contribution in [-0.2, 0) is 35.6 Å². The minimum atomic E-state index is -4.17. The topological polar surface area (TPSA) is 217 Å². The first kappa shape index (κ1) is 33.4. The van der Waals surface area contributed by atoms with Crippen LogP contribution in [0.15, 0.2) is 65.6 Å². The van der Waals surface area contributed by atoms with E-state index in [4.69, 9.17) is 5.11 Å². The Morgan fingerprint density at radius 3 is 2.14 bits per heavy atom. The van der Waals surface area contributed by atoms with Crippen LogP contribution in [0.25, 0.3) is 10.8 Å². The van der Waals surface area contributed by atoms with E-state index in [1.807, 2.05) is 25.1 Å². The van der Waals surface area contributed by atoms with Crippen molar-refractivity contribution in [3.8, 4) is 0 Å². The first-order valence-electron chi connectivity index (χ1n) is 13.2. The molecule has 16 heteroatoms. The molecule has 5 N–H and O–H groups in total. The highest BCUT2D eigenvalue weighted by Gasteiger charge is 2.26. The molecule has 0 saturated heterocycles. The summed E-state index contributed by atoms with van der Waals surface area (Å²) in [4.78, 5) is 60.9. The molecule has 0 aliphatic rings. The number of non-ortho nitro benzene ring substituents is 1. The van der Waals surface area contributed by atoms with Crippen LogP contribution in [-0.4, -0.2) is 81.4 Å². The number of nitrogens with zero attached hydrogens (tertiary/aromatic N) is 2. The molecule has 2 atom stereocenters. The van der Waals surface area contributed by atoms with Crippen molar-refractivity contribution in [3.63, 3.8) is 0 Å². The third-order valence-electron chi connectivity index (χ3n) is 6.43. The van der Waals surface area contributed by atoms with Gasteiger partial charge in [-0.3, -0.25) is 29.3 Å². The highest BCUT2D eigenvalue weighted by atomic mass is 32.2. The number of carbonyl (C=O) groups excluding carboxylic acids is 3. The molecule has 0 aliphatic heterocycles. The molecule has 0 unspecified atom stereocenters. The van der Waals surface area contributed by atoms with Crippen LogP contribution in [0.4, 0.5) is 11.4 Å². The fourth-order valence-corrected chi connectivity index (χ4v) is 5.71. The highest BCUT2D eigenvalue weighted by molar-refractivity contribution is 7.89. The van der Waals surface area contributed by atoms with Gasteiger partial charge in [0.15, 0.2) is 0 Å². The number of nitro benzene ring substituents is 1. The normalized spacial score (nSPS) is 12.5. The average Bonchev–Trinajstić information content (AvgIpc) is 2.97. The standard InChI is InChI=1S/C28H32N6O9S/c1-17(32-44(42,43)24-9-5-6-20-21(24)7-4-8-23(20)33(2)3)27(38)29-15-25(35)31-22(28(39)30-16-26(36)37)14-18-10-12-19(13-11-18)34(40)41/h4-13,17,22,32H,14-16H2,1-3H3,(H,29,38)(H,30,39)(H,31,35)(H,36,37)/t17-,22+/m0/s1. The average molecular weight is 629 g/mol. The van der Waals surface area contributed by atoms with Crippen LogP contribution in [0.2, 0.25) is 0 Å². The number of nitro groups is 1. The Labute approximate surface area is 252 Å². The number of nitrogens with one attached hydrogen (secondary N) is 4. The first-order valence-corrected chi connectivity index (χ1v) is 14.7. The van der Waals surface area contributed by atoms with Crippen molar-refractivity contribution in [1.29, 1.82) is 0 Å². The Hall–Kier alpha value is -5.09. The molecule has 3 amide bonds. The maximum absolute atomic E-state index is 13.2. The number of hydrogen-bond donors (Lipinski definition) is 5. The smallest absolute Gasteiger partial charge is 0.322 e. The Morgan fingerprint density at radius 2 is 1.52 bits per heavy atom. The van der Waals surface area contributed by atoms with Crippen LogP contribution >= 0.6 is 0 Å². The molecule has 3 rings (SSSR count). The van der Waals surface area contributed by atoms with Crippen LogP contribution in [0, 0.1) is 10.1 Å². The van der Waals surface area contributed by atoms with Crippen molar-refractivity contribution in [2.24, 2.45) is 0 Å². The maximum Gasteiger partial charge on any atom is 0.322 e. The molecule has 0 heterocycles. The summed E-state index contributed by atoms with van der Waals surface area (Å²) < 4.78 is 28.8. The van der Waals surface area contributed by atoms with Gasteiger partial charge >= 0.3 is 5.97 Å². The molecular formula is C28H32N6O9S. The number of carboxylic acids is 1. The summed E-state index contributed by atoms with van der Waals surface area (Å²) in [5, 5.41) is 27.8. The number of hydrogen-bond acceptors (Lipinski definition) is 9. The molecule has 0 saturated carbocycles. The van der Waals surface area contributed by atoms with E-state index >= 15 is 0 Å². The lowest BCUT2D eigenvalue weighted by Gasteiger charge is -2.20. The second kappa shape index (κ2) is 14.4. The minimum Gasteiger partial charge on any atom is -0.480 e. The van der Waals surface area contributed by atoms with E-state index in [-0.39, 0.29) is 17.0 Å². The molecule has 0 aliphatic carbocycles. The molecule has 0 aromatic heterocycles. The van der Waals surface area contributed by atoms with Crippen LogP contribution in [0.3, 0.4) is 0 Å². The molecule has 234 valence electrons. The third-order valence-corrected chi connectivity index (χ3v) is 8.03. The molecule has 15 nitrogen and oxygen atoms in total. The van der Waals surface area contributed by atoms with E-state index in [1.54, 1.807) is 24.3 Å². The number of anilines is 1. The van der Waals surface area contributed by atoms with Gasteiger partial charge in [-0.1, -0.05) is 36.4 Å². The van der Waals surface area contributed by atoms with Gasteiger partial charge < -0.3 is 26.0 Å². The lowest BCUT2D eigenvalue weighted by atomic mass is 10.0. The summed E-state index contributed by atoms with van der Waals surface area (Å²) in [6.07, 6.45) is -0.139. The van der Waals surface area contributed by atoms with Crippen molar-refractivity contribution < 1.29 is 37.6 Å². The predicted octanol–water partition coefficient (Wildman–Crippen LogP) is 0.525. The number of sulfonamides is 1. The van der Waals surface area contributed by atoms with E-state index in [9.17, 15) is 37.7 Å². The van der Waals surface area contributed by atoms with E-state index in [2.05, 4.69) is 20.7 Å². The van der Waals surface area contributed by atoms with Gasteiger partial charge in [0.1, 0.15) is 12.6 Å². The van der Waals surface area contributed by atoms with Crippen LogP contribution in [0.1, 0.15) is 12.5 Å². The number of rotatable bonds is 14. The molecule has 0 fully saturated rings. The van der Waals surface area contributed by atoms with Gasteiger partial charge in [-0.25, -0.2) is 8.42 Å². The van der Waals surface area contributed by atoms with Gasteiger partial charge in [-0.05, 0) is 24.6 Å². The molecule has 3 aromatic rings. The lowest BCUT2D eigenvalue weighted by Crippen LogP contribution is -2.52. The van der Waals surface area contributed by atoms with Gasteiger partial charge in [0.05, 0.1) is 22.4 Å². The molecule has 0 radical (unpaired) electrons. The quantitative estimate of drug-likeness (QED) is 0.123. The zero-order chi connectivity index (χ0) is 32.6. The van der Waals surface area contributed by atoms with Crippen molar-refractivity contribution in [2.45, 2.75) is 30.3 Å². The Kier molecular flexibility index (Phi) is 10.9. The first-order chi connectivity index (χ1) is 20.7. The summed E-state index contributed by atoms with van der Waals surface area (Å²) in [6, 6.07) is 12.7. The molecule has 0 bridgehead atoms. The zero-order valence-electron chi connectivity index (χ0n) is 24.1. The predicted molar refractivity (Wildman–Crippen MR) is 160 cm³/mol. The Bertz CT molecular complexity index is 1680. The summed E-state index contributed by atoms with van der Waals surface area (Å²) in [5.41, 5.74) is 1.06. The fourth-order valence-electron chi connectivity index (χ4n) is 4.29. The number of fused-ring (bicyclic) bond motifs is 1. The summed E-state index contributed by atoms with van der Waals surface area (Å²) in [5.74, 6) is -3.79. The van der Waals surface area contributed by atoms with E-state index < -0.39 is 63.8 Å². The van der Waals surface area contributed by atoms with Gasteiger partial charge in [-0.2, -0.15) is 4.72 Å². The number of aliphatic carboxylic acids is 1. The summed E-state index contributed by atoms with van der Waals surface area (Å²) in [6.45, 7) is -0.0424. The highest BCUT2D eigenvalue weighted by Crippen LogP contribution is 2.30. The largest absolute Gasteiger partial charge is 0.480 e. The number of amides is 3. The molecule has 44 heavy (non-hydrogen) atoms. The van der Waals surface area contributed by atoms with Gasteiger partial charge in [0.25, 0.3) is 5.69 Å². The molecular weight excluding hydrogens is 596 g/mol.